The molecule has 1 aromatic carbocycles. The number of nitrogens with zero attached hydrogens (tertiary/aromatic N) is 1. The first-order chi connectivity index (χ1) is 10.9. The molecule has 1 fully saturated rings. The van der Waals surface area contributed by atoms with Crippen LogP contribution >= 0.6 is 0 Å². The molecule has 7 heteroatoms. The number of nitrogens with one attached hydrogen (secondary N) is 1. The van der Waals surface area contributed by atoms with Crippen LogP contribution in [0.15, 0.2) is 24.3 Å². The van der Waals surface area contributed by atoms with Crippen molar-refractivity contribution >= 4 is 15.9 Å². The van der Waals surface area contributed by atoms with E-state index in [-0.39, 0.29) is 24.9 Å². The Kier molecular flexibility index (Phi) is 6.01. The Bertz CT molecular complexity index is 645. The molecule has 1 aliphatic rings. The fourth-order valence-corrected chi connectivity index (χ4v) is 3.39. The average molecular weight is 340 g/mol. The fraction of sp³-hybridized carbons (Fsp3) is 0.562. The van der Waals surface area contributed by atoms with E-state index >= 15 is 0 Å². The highest BCUT2D eigenvalue weighted by Crippen LogP contribution is 2.32. The Morgan fingerprint density at radius 2 is 2.17 bits per heavy atom. The summed E-state index contributed by atoms with van der Waals surface area (Å²) < 4.78 is 29.8. The number of hydrogen-bond acceptors (Lipinski definition) is 4. The summed E-state index contributed by atoms with van der Waals surface area (Å²) in [6, 6.07) is 7.81. The fourth-order valence-electron chi connectivity index (χ4n) is 2.91. The highest BCUT2D eigenvalue weighted by molar-refractivity contribution is 7.88. The van der Waals surface area contributed by atoms with E-state index < -0.39 is 10.0 Å². The molecule has 6 nitrogen and oxygen atoms in total. The lowest BCUT2D eigenvalue weighted by Crippen LogP contribution is -2.40. The lowest BCUT2D eigenvalue weighted by Gasteiger charge is -2.36. The molecule has 0 aliphatic carbocycles. The molecule has 0 radical (unpaired) electrons. The van der Waals surface area contributed by atoms with Crippen LogP contribution in [0, 0.1) is 0 Å². The van der Waals surface area contributed by atoms with Crippen molar-refractivity contribution in [3.8, 4) is 5.75 Å². The number of ether oxygens (including phenoxy) is 1. The quantitative estimate of drug-likeness (QED) is 0.855. The molecular weight excluding hydrogens is 316 g/mol. The second kappa shape index (κ2) is 7.79. The van der Waals surface area contributed by atoms with E-state index in [9.17, 15) is 13.2 Å². The largest absolute Gasteiger partial charge is 0.497 e. The number of piperidine rings is 1. The van der Waals surface area contributed by atoms with Crippen molar-refractivity contribution in [1.29, 1.82) is 0 Å². The van der Waals surface area contributed by atoms with Gasteiger partial charge in [-0.1, -0.05) is 12.1 Å². The van der Waals surface area contributed by atoms with Gasteiger partial charge < -0.3 is 9.64 Å². The van der Waals surface area contributed by atoms with E-state index in [0.717, 1.165) is 36.8 Å². The highest BCUT2D eigenvalue weighted by atomic mass is 32.2. The topological polar surface area (TPSA) is 75.7 Å². The van der Waals surface area contributed by atoms with Crippen molar-refractivity contribution in [1.82, 2.24) is 9.62 Å². The van der Waals surface area contributed by atoms with Crippen LogP contribution in [0.3, 0.4) is 0 Å². The first kappa shape index (κ1) is 17.7. The number of rotatable bonds is 6. The summed E-state index contributed by atoms with van der Waals surface area (Å²) in [6.45, 7) is 0.846. The monoisotopic (exact) mass is 340 g/mol. The Morgan fingerprint density at radius 1 is 1.39 bits per heavy atom. The molecule has 1 aromatic rings. The molecule has 23 heavy (non-hydrogen) atoms. The highest BCUT2D eigenvalue weighted by Gasteiger charge is 2.27. The number of benzene rings is 1. The SMILES string of the molecule is COc1cccc([C@@H]2CCCCN2C(=O)CCNS(C)(=O)=O)c1. The maximum Gasteiger partial charge on any atom is 0.224 e. The average Bonchev–Trinajstić information content (AvgIpc) is 2.53. The van der Waals surface area contributed by atoms with Gasteiger partial charge in [0.15, 0.2) is 0 Å². The minimum atomic E-state index is -3.26. The molecule has 0 saturated carbocycles. The minimum absolute atomic E-state index is 0.0198. The van der Waals surface area contributed by atoms with Crippen LogP contribution in [0.5, 0.6) is 5.75 Å². The Balaban J connectivity index is 2.06. The van der Waals surface area contributed by atoms with E-state index in [2.05, 4.69) is 4.72 Å². The summed E-state index contributed by atoms with van der Waals surface area (Å²) in [4.78, 5) is 14.3. The normalized spacial score (nSPS) is 18.7. The predicted octanol–water partition coefficient (Wildman–Crippen LogP) is 1.69. The van der Waals surface area contributed by atoms with Gasteiger partial charge >= 0.3 is 0 Å². The van der Waals surface area contributed by atoms with Gasteiger partial charge in [0.05, 0.1) is 19.4 Å². The molecule has 0 spiro atoms. The first-order valence-electron chi connectivity index (χ1n) is 7.79. The lowest BCUT2D eigenvalue weighted by atomic mass is 9.94. The predicted molar refractivity (Wildman–Crippen MR) is 88.8 cm³/mol. The summed E-state index contributed by atoms with van der Waals surface area (Å²) >= 11 is 0. The van der Waals surface area contributed by atoms with Gasteiger partial charge in [0.2, 0.25) is 15.9 Å². The lowest BCUT2D eigenvalue weighted by molar-refractivity contribution is -0.134. The van der Waals surface area contributed by atoms with Crippen LogP contribution in [0.4, 0.5) is 0 Å². The van der Waals surface area contributed by atoms with Crippen molar-refractivity contribution in [2.24, 2.45) is 0 Å². The van der Waals surface area contributed by atoms with Gasteiger partial charge in [-0.05, 0) is 37.0 Å². The summed E-state index contributed by atoms with van der Waals surface area (Å²) in [5.74, 6) is 0.757. The van der Waals surface area contributed by atoms with Crippen LogP contribution in [0.25, 0.3) is 0 Å². The third-order valence-corrected chi connectivity index (χ3v) is 4.73. The smallest absolute Gasteiger partial charge is 0.224 e. The van der Waals surface area contributed by atoms with Crippen LogP contribution in [-0.2, 0) is 14.8 Å². The minimum Gasteiger partial charge on any atom is -0.497 e. The van der Waals surface area contributed by atoms with Crippen LogP contribution in [0.2, 0.25) is 0 Å². The zero-order chi connectivity index (χ0) is 16.9. The molecular formula is C16H24N2O4S. The van der Waals surface area contributed by atoms with E-state index in [1.54, 1.807) is 7.11 Å². The maximum atomic E-state index is 12.5. The molecule has 0 aromatic heterocycles. The summed E-state index contributed by atoms with van der Waals surface area (Å²) in [5, 5.41) is 0. The number of methoxy groups -OCH3 is 1. The van der Waals surface area contributed by atoms with Gasteiger partial charge in [-0.25, -0.2) is 13.1 Å². The van der Waals surface area contributed by atoms with Gasteiger partial charge in [-0.3, -0.25) is 4.79 Å². The van der Waals surface area contributed by atoms with Crippen molar-refractivity contribution < 1.29 is 17.9 Å². The second-order valence-corrected chi connectivity index (χ2v) is 7.62. The Morgan fingerprint density at radius 3 is 2.87 bits per heavy atom. The molecule has 1 saturated heterocycles. The van der Waals surface area contributed by atoms with E-state index in [0.29, 0.717) is 6.54 Å². The maximum absolute atomic E-state index is 12.5. The molecule has 1 atom stereocenters. The van der Waals surface area contributed by atoms with Crippen LogP contribution in [0.1, 0.15) is 37.3 Å². The number of likely N-dealkylation sites (tertiary alicyclic amines) is 1. The molecule has 1 heterocycles. The number of carbonyl (C=O) groups excluding carboxylic acids is 1. The van der Waals surface area contributed by atoms with Crippen LogP contribution in [-0.4, -0.2) is 45.7 Å². The third kappa shape index (κ3) is 5.21. The van der Waals surface area contributed by atoms with E-state index in [4.69, 9.17) is 4.74 Å². The third-order valence-electron chi connectivity index (χ3n) is 4.00. The van der Waals surface area contributed by atoms with Gasteiger partial charge in [0.25, 0.3) is 0 Å². The molecule has 2 rings (SSSR count). The summed E-state index contributed by atoms with van der Waals surface area (Å²) in [5.41, 5.74) is 1.06. The summed E-state index contributed by atoms with van der Waals surface area (Å²) in [7, 11) is -1.64. The van der Waals surface area contributed by atoms with Crippen molar-refractivity contribution in [2.45, 2.75) is 31.7 Å². The van der Waals surface area contributed by atoms with E-state index in [1.807, 2.05) is 29.2 Å². The molecule has 0 bridgehead atoms. The molecule has 0 unspecified atom stereocenters. The van der Waals surface area contributed by atoms with Gasteiger partial charge in [-0.2, -0.15) is 0 Å². The molecule has 1 N–H and O–H groups in total. The number of amides is 1. The standard InChI is InChI=1S/C16H24N2O4S/c1-22-14-7-5-6-13(12-14)15-8-3-4-11-18(15)16(19)9-10-17-23(2,20)21/h5-7,12,15,17H,3-4,8-11H2,1-2H3/t15-/m0/s1. The zero-order valence-corrected chi connectivity index (χ0v) is 14.4. The van der Waals surface area contributed by atoms with Crippen molar-refractivity contribution in [3.63, 3.8) is 0 Å². The molecule has 1 amide bonds. The second-order valence-electron chi connectivity index (χ2n) is 5.79. The summed E-state index contributed by atoms with van der Waals surface area (Å²) in [6.07, 6.45) is 4.24. The molecule has 1 aliphatic heterocycles. The van der Waals surface area contributed by atoms with Gasteiger partial charge in [0, 0.05) is 19.5 Å². The van der Waals surface area contributed by atoms with Crippen LogP contribution < -0.4 is 9.46 Å². The number of carbonyl (C=O) groups is 1. The first-order valence-corrected chi connectivity index (χ1v) is 9.68. The van der Waals surface area contributed by atoms with Gasteiger partial charge in [0.1, 0.15) is 5.75 Å². The van der Waals surface area contributed by atoms with E-state index in [1.165, 1.54) is 0 Å². The van der Waals surface area contributed by atoms with Crippen molar-refractivity contribution in [3.05, 3.63) is 29.8 Å². The Labute approximate surface area is 137 Å². The molecule has 128 valence electrons. The van der Waals surface area contributed by atoms with Crippen molar-refractivity contribution in [2.75, 3.05) is 26.5 Å². The number of sulfonamides is 1. The number of hydrogen-bond donors (Lipinski definition) is 1. The van der Waals surface area contributed by atoms with Gasteiger partial charge in [-0.15, -0.1) is 0 Å². The zero-order valence-electron chi connectivity index (χ0n) is 13.6. The Hall–Kier alpha value is -1.60.